The van der Waals surface area contributed by atoms with Crippen molar-refractivity contribution in [3.63, 3.8) is 0 Å². The summed E-state index contributed by atoms with van der Waals surface area (Å²) in [7, 11) is 0. The van der Waals surface area contributed by atoms with Gasteiger partial charge in [-0.1, -0.05) is 18.7 Å². The lowest BCUT2D eigenvalue weighted by Crippen LogP contribution is -2.41. The van der Waals surface area contributed by atoms with Crippen LogP contribution in [-0.4, -0.2) is 83.5 Å². The van der Waals surface area contributed by atoms with Crippen molar-refractivity contribution in [3.8, 4) is 0 Å². The van der Waals surface area contributed by atoms with Gasteiger partial charge < -0.3 is 15.1 Å². The Morgan fingerprint density at radius 2 is 2.03 bits per heavy atom. The van der Waals surface area contributed by atoms with Crippen LogP contribution in [0, 0.1) is 5.92 Å². The highest BCUT2D eigenvalue weighted by molar-refractivity contribution is 8.16. The number of hydrogen-bond acceptors (Lipinski definition) is 6. The molecule has 0 aromatic rings. The van der Waals surface area contributed by atoms with E-state index in [1.54, 1.807) is 11.8 Å². The van der Waals surface area contributed by atoms with Gasteiger partial charge in [-0.25, -0.2) is 0 Å². The highest BCUT2D eigenvalue weighted by atomic mass is 32.2. The van der Waals surface area contributed by atoms with Gasteiger partial charge in [0.2, 0.25) is 11.8 Å². The lowest BCUT2D eigenvalue weighted by molar-refractivity contribution is -0.132. The quantitative estimate of drug-likeness (QED) is 0.636. The Morgan fingerprint density at radius 1 is 1.20 bits per heavy atom. The molecule has 0 bridgehead atoms. The second-order valence-corrected chi connectivity index (χ2v) is 9.65. The molecule has 0 radical (unpaired) electrons. The number of carbonyl (C=O) groups excluding carboxylic acids is 2. The number of piperidine rings is 1. The van der Waals surface area contributed by atoms with Gasteiger partial charge in [0.1, 0.15) is 0 Å². The summed E-state index contributed by atoms with van der Waals surface area (Å²) in [4.78, 5) is 36.1. The molecule has 0 saturated carbocycles. The van der Waals surface area contributed by atoms with Gasteiger partial charge in [-0.3, -0.25) is 19.5 Å². The summed E-state index contributed by atoms with van der Waals surface area (Å²) in [5, 5.41) is 6.27. The van der Waals surface area contributed by atoms with Crippen molar-refractivity contribution in [1.82, 2.24) is 20.0 Å². The minimum atomic E-state index is 0.185. The maximum absolute atomic E-state index is 12.7. The van der Waals surface area contributed by atoms with E-state index in [4.69, 9.17) is 0 Å². The minimum Gasteiger partial charge on any atom is -0.355 e. The van der Waals surface area contributed by atoms with Crippen molar-refractivity contribution in [2.24, 2.45) is 10.9 Å². The number of fused-ring (bicyclic) bond motifs is 1. The first kappa shape index (κ1) is 21.7. The summed E-state index contributed by atoms with van der Waals surface area (Å²) in [5.74, 6) is 0.963. The minimum absolute atomic E-state index is 0.185. The second kappa shape index (κ2) is 10.2. The molecule has 166 valence electrons. The van der Waals surface area contributed by atoms with E-state index in [9.17, 15) is 9.59 Å². The summed E-state index contributed by atoms with van der Waals surface area (Å²) >= 11 is 1.64. The van der Waals surface area contributed by atoms with Gasteiger partial charge in [-0.05, 0) is 56.5 Å². The van der Waals surface area contributed by atoms with E-state index in [0.29, 0.717) is 24.8 Å². The molecule has 4 rings (SSSR count). The van der Waals surface area contributed by atoms with Crippen molar-refractivity contribution in [2.45, 2.75) is 57.9 Å². The first-order valence-corrected chi connectivity index (χ1v) is 12.5. The number of nitrogens with one attached hydrogen (secondary N) is 1. The third-order valence-corrected chi connectivity index (χ3v) is 7.92. The van der Waals surface area contributed by atoms with Crippen LogP contribution in [-0.2, 0) is 9.59 Å². The molecule has 0 aromatic carbocycles. The number of thioether (sulfide) groups is 1. The molecule has 0 aromatic heterocycles. The molecule has 2 amide bonds. The Bertz CT molecular complexity index is 702. The van der Waals surface area contributed by atoms with E-state index < -0.39 is 0 Å². The van der Waals surface area contributed by atoms with Crippen LogP contribution in [0.3, 0.4) is 0 Å². The SMILES string of the molecule is CCN1CCCC1CNC(=O)CCC1CCN(C(=O)CC2=CSC3=NCCN23)CC1. The van der Waals surface area contributed by atoms with E-state index >= 15 is 0 Å². The number of carbonyl (C=O) groups is 2. The topological polar surface area (TPSA) is 68.2 Å². The van der Waals surface area contributed by atoms with Gasteiger partial charge in [0, 0.05) is 44.3 Å². The lowest BCUT2D eigenvalue weighted by Gasteiger charge is -2.32. The first-order chi connectivity index (χ1) is 14.6. The smallest absolute Gasteiger partial charge is 0.228 e. The van der Waals surface area contributed by atoms with Gasteiger partial charge in [-0.15, -0.1) is 0 Å². The van der Waals surface area contributed by atoms with Crippen LogP contribution in [0.1, 0.15) is 51.9 Å². The zero-order chi connectivity index (χ0) is 20.9. The van der Waals surface area contributed by atoms with Gasteiger partial charge >= 0.3 is 0 Å². The van der Waals surface area contributed by atoms with Gasteiger partial charge in [0.25, 0.3) is 0 Å². The van der Waals surface area contributed by atoms with Crippen LogP contribution < -0.4 is 5.32 Å². The monoisotopic (exact) mass is 433 g/mol. The van der Waals surface area contributed by atoms with Gasteiger partial charge in [0.15, 0.2) is 5.17 Å². The molecule has 8 heteroatoms. The molecule has 7 nitrogen and oxygen atoms in total. The molecule has 1 atom stereocenters. The van der Waals surface area contributed by atoms with Crippen LogP contribution in [0.2, 0.25) is 0 Å². The Hall–Kier alpha value is -1.54. The van der Waals surface area contributed by atoms with Crippen LogP contribution in [0.25, 0.3) is 0 Å². The summed E-state index contributed by atoms with van der Waals surface area (Å²) in [5.41, 5.74) is 1.10. The highest BCUT2D eigenvalue weighted by Crippen LogP contribution is 2.31. The fourth-order valence-corrected chi connectivity index (χ4v) is 6.00. The number of nitrogens with zero attached hydrogens (tertiary/aromatic N) is 4. The van der Waals surface area contributed by atoms with E-state index in [2.05, 4.69) is 32.4 Å². The van der Waals surface area contributed by atoms with Crippen molar-refractivity contribution < 1.29 is 9.59 Å². The third-order valence-electron chi connectivity index (χ3n) is 6.97. The average Bonchev–Trinajstić information content (AvgIpc) is 3.49. The normalized spacial score (nSPS) is 24.8. The Balaban J connectivity index is 1.11. The zero-order valence-corrected chi connectivity index (χ0v) is 19.0. The van der Waals surface area contributed by atoms with Crippen molar-refractivity contribution in [3.05, 3.63) is 11.1 Å². The number of hydrogen-bond donors (Lipinski definition) is 1. The molecule has 1 unspecified atom stereocenters. The van der Waals surface area contributed by atoms with E-state index in [-0.39, 0.29) is 11.8 Å². The predicted octanol–water partition coefficient (Wildman–Crippen LogP) is 2.26. The van der Waals surface area contributed by atoms with Gasteiger partial charge in [-0.2, -0.15) is 0 Å². The standard InChI is InChI=1S/C22H35N5O2S/c1-2-25-10-3-4-18(25)15-24-20(28)6-5-17-7-11-26(12-8-17)21(29)14-19-16-30-22-23-9-13-27(19)22/h16-18H,2-15H2,1H3,(H,24,28). The summed E-state index contributed by atoms with van der Waals surface area (Å²) in [6.07, 6.45) is 6.49. The zero-order valence-electron chi connectivity index (χ0n) is 18.1. The molecule has 4 aliphatic rings. The molecule has 1 N–H and O–H groups in total. The molecule has 2 fully saturated rings. The van der Waals surface area contributed by atoms with Crippen LogP contribution >= 0.6 is 11.8 Å². The average molecular weight is 434 g/mol. The Labute approximate surface area is 184 Å². The van der Waals surface area contributed by atoms with Crippen LogP contribution in [0.4, 0.5) is 0 Å². The lowest BCUT2D eigenvalue weighted by atomic mass is 9.92. The molecule has 30 heavy (non-hydrogen) atoms. The number of likely N-dealkylation sites (tertiary alicyclic amines) is 2. The van der Waals surface area contributed by atoms with E-state index in [1.807, 2.05) is 4.90 Å². The Morgan fingerprint density at radius 3 is 2.83 bits per heavy atom. The predicted molar refractivity (Wildman–Crippen MR) is 121 cm³/mol. The maximum Gasteiger partial charge on any atom is 0.228 e. The van der Waals surface area contributed by atoms with Crippen molar-refractivity contribution >= 4 is 28.7 Å². The van der Waals surface area contributed by atoms with Crippen molar-refractivity contribution in [1.29, 1.82) is 0 Å². The first-order valence-electron chi connectivity index (χ1n) is 11.6. The number of amidine groups is 1. The summed E-state index contributed by atoms with van der Waals surface area (Å²) in [6.45, 7) is 8.60. The second-order valence-electron chi connectivity index (χ2n) is 8.81. The number of likely N-dealkylation sites (N-methyl/N-ethyl adjacent to an activating group) is 1. The molecule has 0 aliphatic carbocycles. The summed E-state index contributed by atoms with van der Waals surface area (Å²) in [6, 6.07) is 0.518. The molecular weight excluding hydrogens is 398 g/mol. The number of amides is 2. The molecule has 4 heterocycles. The van der Waals surface area contributed by atoms with E-state index in [1.165, 1.54) is 12.8 Å². The molecule has 2 saturated heterocycles. The van der Waals surface area contributed by atoms with Crippen LogP contribution in [0.5, 0.6) is 0 Å². The van der Waals surface area contributed by atoms with Crippen molar-refractivity contribution in [2.75, 3.05) is 45.8 Å². The maximum atomic E-state index is 12.7. The molecular formula is C22H35N5O2S. The van der Waals surface area contributed by atoms with Gasteiger partial charge in [0.05, 0.1) is 13.0 Å². The number of rotatable bonds is 8. The van der Waals surface area contributed by atoms with Crippen LogP contribution in [0.15, 0.2) is 16.1 Å². The number of aliphatic imine (C=N–C) groups is 1. The molecule has 4 aliphatic heterocycles. The Kier molecular flexibility index (Phi) is 7.36. The largest absolute Gasteiger partial charge is 0.355 e. The highest BCUT2D eigenvalue weighted by Gasteiger charge is 2.30. The molecule has 0 spiro atoms. The third kappa shape index (κ3) is 5.19. The summed E-state index contributed by atoms with van der Waals surface area (Å²) < 4.78 is 0. The fourth-order valence-electron chi connectivity index (χ4n) is 5.05. The van der Waals surface area contributed by atoms with E-state index in [0.717, 1.165) is 75.9 Å². The fraction of sp³-hybridized carbons (Fsp3) is 0.773.